The maximum atomic E-state index is 12.3. The Labute approximate surface area is 165 Å². The molecule has 0 saturated heterocycles. The average molecular weight is 392 g/mol. The second-order valence-electron chi connectivity index (χ2n) is 5.74. The molecule has 1 amide bonds. The van der Waals surface area contributed by atoms with Crippen LogP contribution in [0.2, 0.25) is 5.02 Å². The highest BCUT2D eigenvalue weighted by atomic mass is 35.5. The summed E-state index contributed by atoms with van der Waals surface area (Å²) in [6, 6.07) is 15.5. The van der Waals surface area contributed by atoms with E-state index in [4.69, 9.17) is 16.3 Å². The van der Waals surface area contributed by atoms with Crippen molar-refractivity contribution in [1.82, 2.24) is 19.5 Å². The van der Waals surface area contributed by atoms with Crippen molar-refractivity contribution in [3.05, 3.63) is 90.2 Å². The van der Waals surface area contributed by atoms with Crippen LogP contribution in [-0.2, 0) is 0 Å². The predicted molar refractivity (Wildman–Crippen MR) is 105 cm³/mol. The quantitative estimate of drug-likeness (QED) is 0.546. The van der Waals surface area contributed by atoms with Crippen LogP contribution >= 0.6 is 11.6 Å². The molecule has 0 spiro atoms. The highest BCUT2D eigenvalue weighted by Gasteiger charge is 2.10. The molecule has 2 aromatic heterocycles. The summed E-state index contributed by atoms with van der Waals surface area (Å²) in [5, 5.41) is 3.20. The lowest BCUT2D eigenvalue weighted by atomic mass is 10.2. The van der Waals surface area contributed by atoms with Crippen LogP contribution in [-0.4, -0.2) is 25.4 Å². The summed E-state index contributed by atoms with van der Waals surface area (Å²) in [6.45, 7) is 0. The predicted octanol–water partition coefficient (Wildman–Crippen LogP) is 4.36. The first-order valence-electron chi connectivity index (χ1n) is 8.33. The van der Waals surface area contributed by atoms with Gasteiger partial charge in [-0.1, -0.05) is 23.7 Å². The van der Waals surface area contributed by atoms with Gasteiger partial charge in [-0.2, -0.15) is 0 Å². The Morgan fingerprint density at radius 3 is 2.64 bits per heavy atom. The van der Waals surface area contributed by atoms with Crippen molar-refractivity contribution in [2.24, 2.45) is 0 Å². The van der Waals surface area contributed by atoms with Gasteiger partial charge in [0.05, 0.1) is 10.6 Å². The maximum Gasteiger partial charge on any atom is 0.257 e. The number of ether oxygens (including phenoxy) is 1. The third-order valence-electron chi connectivity index (χ3n) is 3.85. The van der Waals surface area contributed by atoms with Crippen molar-refractivity contribution in [2.75, 3.05) is 5.32 Å². The van der Waals surface area contributed by atoms with Gasteiger partial charge in [-0.25, -0.2) is 15.0 Å². The molecule has 2 heterocycles. The van der Waals surface area contributed by atoms with Crippen LogP contribution in [0.3, 0.4) is 0 Å². The van der Waals surface area contributed by atoms with Crippen LogP contribution in [0.5, 0.6) is 11.6 Å². The average Bonchev–Trinajstić information content (AvgIpc) is 3.25. The van der Waals surface area contributed by atoms with E-state index < -0.39 is 0 Å². The number of anilines is 1. The van der Waals surface area contributed by atoms with Gasteiger partial charge < -0.3 is 10.1 Å². The Balaban J connectivity index is 1.45. The fourth-order valence-corrected chi connectivity index (χ4v) is 2.71. The highest BCUT2D eigenvalue weighted by Crippen LogP contribution is 2.23. The fourth-order valence-electron chi connectivity index (χ4n) is 2.49. The van der Waals surface area contributed by atoms with Gasteiger partial charge in [-0.05, 0) is 36.4 Å². The zero-order chi connectivity index (χ0) is 19.3. The van der Waals surface area contributed by atoms with Gasteiger partial charge in [0.25, 0.3) is 5.91 Å². The minimum atomic E-state index is -0.278. The number of benzene rings is 2. The number of carbonyl (C=O) groups excluding carboxylic acids is 1. The summed E-state index contributed by atoms with van der Waals surface area (Å²) < 4.78 is 7.51. The third-order valence-corrected chi connectivity index (χ3v) is 4.18. The Bertz CT molecular complexity index is 1100. The summed E-state index contributed by atoms with van der Waals surface area (Å²) >= 11 is 6.05. The minimum Gasteiger partial charge on any atom is -0.439 e. The van der Waals surface area contributed by atoms with Crippen molar-refractivity contribution >= 4 is 23.2 Å². The van der Waals surface area contributed by atoms with Gasteiger partial charge in [0.15, 0.2) is 0 Å². The van der Waals surface area contributed by atoms with E-state index in [1.165, 1.54) is 6.33 Å². The number of halogens is 1. The van der Waals surface area contributed by atoms with Gasteiger partial charge >= 0.3 is 0 Å². The molecule has 7 nitrogen and oxygen atoms in total. The monoisotopic (exact) mass is 391 g/mol. The summed E-state index contributed by atoms with van der Waals surface area (Å²) in [5.41, 5.74) is 1.04. The lowest BCUT2D eigenvalue weighted by Crippen LogP contribution is -2.12. The van der Waals surface area contributed by atoms with Crippen LogP contribution in [0.25, 0.3) is 5.82 Å². The van der Waals surface area contributed by atoms with E-state index in [-0.39, 0.29) is 5.91 Å². The number of nitrogens with one attached hydrogen (secondary N) is 1. The molecular formula is C20H14ClN5O2. The van der Waals surface area contributed by atoms with Crippen molar-refractivity contribution in [2.45, 2.75) is 0 Å². The first kappa shape index (κ1) is 17.7. The van der Waals surface area contributed by atoms with Crippen molar-refractivity contribution in [1.29, 1.82) is 0 Å². The van der Waals surface area contributed by atoms with Gasteiger partial charge in [0.1, 0.15) is 24.2 Å². The third kappa shape index (κ3) is 3.99. The second kappa shape index (κ2) is 7.89. The highest BCUT2D eigenvalue weighted by molar-refractivity contribution is 6.34. The topological polar surface area (TPSA) is 81.9 Å². The van der Waals surface area contributed by atoms with Gasteiger partial charge in [-0.15, -0.1) is 0 Å². The molecule has 0 aliphatic heterocycles. The molecule has 138 valence electrons. The number of aromatic nitrogens is 4. The number of hydrogen-bond donors (Lipinski definition) is 1. The van der Waals surface area contributed by atoms with E-state index in [1.807, 2.05) is 0 Å². The Hall–Kier alpha value is -3.71. The summed E-state index contributed by atoms with van der Waals surface area (Å²) in [5.74, 6) is 1.34. The molecule has 1 N–H and O–H groups in total. The first-order chi connectivity index (χ1) is 13.7. The summed E-state index contributed by atoms with van der Waals surface area (Å²) in [7, 11) is 0. The van der Waals surface area contributed by atoms with Crippen LogP contribution in [0, 0.1) is 0 Å². The zero-order valence-electron chi connectivity index (χ0n) is 14.5. The molecular weight excluding hydrogens is 378 g/mol. The normalized spacial score (nSPS) is 10.5. The van der Waals surface area contributed by atoms with E-state index >= 15 is 0 Å². The molecule has 28 heavy (non-hydrogen) atoms. The Kier molecular flexibility index (Phi) is 4.99. The van der Waals surface area contributed by atoms with Gasteiger partial charge in [0, 0.05) is 24.1 Å². The molecule has 0 unspecified atom stereocenters. The molecule has 0 aliphatic carbocycles. The number of carbonyl (C=O) groups is 1. The summed E-state index contributed by atoms with van der Waals surface area (Å²) in [6.07, 6.45) is 6.51. The molecule has 0 saturated carbocycles. The Morgan fingerprint density at radius 2 is 1.89 bits per heavy atom. The van der Waals surface area contributed by atoms with Crippen molar-refractivity contribution in [3.8, 4) is 17.4 Å². The lowest BCUT2D eigenvalue weighted by Gasteiger charge is -2.09. The number of hydrogen-bond acceptors (Lipinski definition) is 5. The molecule has 8 heteroatoms. The van der Waals surface area contributed by atoms with Crippen LogP contribution in [0.15, 0.2) is 79.6 Å². The van der Waals surface area contributed by atoms with Crippen molar-refractivity contribution < 1.29 is 9.53 Å². The molecule has 0 aliphatic rings. The van der Waals surface area contributed by atoms with Crippen LogP contribution < -0.4 is 10.1 Å². The minimum absolute atomic E-state index is 0.278. The SMILES string of the molecule is O=C(Nc1ccc(Oc2cc(-n3ccnc3)ncn2)cc1)c1ccccc1Cl. The molecule has 0 bridgehead atoms. The van der Waals surface area contributed by atoms with E-state index in [0.29, 0.717) is 33.7 Å². The maximum absolute atomic E-state index is 12.3. The number of nitrogens with zero attached hydrogens (tertiary/aromatic N) is 4. The molecule has 0 radical (unpaired) electrons. The van der Waals surface area contributed by atoms with Gasteiger partial charge in [-0.3, -0.25) is 9.36 Å². The lowest BCUT2D eigenvalue weighted by molar-refractivity contribution is 0.102. The van der Waals surface area contributed by atoms with E-state index in [2.05, 4.69) is 20.3 Å². The standard InChI is InChI=1S/C20H14ClN5O2/c21-17-4-2-1-3-16(17)20(27)25-14-5-7-15(8-6-14)28-19-11-18(23-12-24-19)26-10-9-22-13-26/h1-13H,(H,25,27). The van der Waals surface area contributed by atoms with E-state index in [0.717, 1.165) is 0 Å². The van der Waals surface area contributed by atoms with Gasteiger partial charge in [0.2, 0.25) is 5.88 Å². The molecule has 4 rings (SSSR count). The summed E-state index contributed by atoms with van der Waals surface area (Å²) in [4.78, 5) is 24.6. The van der Waals surface area contributed by atoms with E-state index in [1.54, 1.807) is 77.9 Å². The zero-order valence-corrected chi connectivity index (χ0v) is 15.2. The molecule has 0 fully saturated rings. The fraction of sp³-hybridized carbons (Fsp3) is 0. The second-order valence-corrected chi connectivity index (χ2v) is 6.15. The Morgan fingerprint density at radius 1 is 1.07 bits per heavy atom. The molecule has 2 aromatic carbocycles. The van der Waals surface area contributed by atoms with Crippen LogP contribution in [0.4, 0.5) is 5.69 Å². The van der Waals surface area contributed by atoms with E-state index in [9.17, 15) is 4.79 Å². The first-order valence-corrected chi connectivity index (χ1v) is 8.71. The number of amides is 1. The van der Waals surface area contributed by atoms with Crippen LogP contribution in [0.1, 0.15) is 10.4 Å². The number of imidazole rings is 1. The largest absolute Gasteiger partial charge is 0.439 e. The molecule has 0 atom stereocenters. The van der Waals surface area contributed by atoms with Crippen molar-refractivity contribution in [3.63, 3.8) is 0 Å². The number of rotatable bonds is 5. The molecule has 4 aromatic rings. The smallest absolute Gasteiger partial charge is 0.257 e.